The summed E-state index contributed by atoms with van der Waals surface area (Å²) in [4.78, 5) is 14.9. The van der Waals surface area contributed by atoms with Gasteiger partial charge in [0.15, 0.2) is 5.65 Å². The topological polar surface area (TPSA) is 67.5 Å². The van der Waals surface area contributed by atoms with Crippen LogP contribution in [0, 0.1) is 0 Å². The van der Waals surface area contributed by atoms with Gasteiger partial charge in [0.1, 0.15) is 5.15 Å². The summed E-state index contributed by atoms with van der Waals surface area (Å²) in [7, 11) is 0. The summed E-state index contributed by atoms with van der Waals surface area (Å²) in [5, 5.41) is 13.5. The van der Waals surface area contributed by atoms with E-state index in [1.165, 1.54) is 0 Å². The first-order chi connectivity index (χ1) is 8.13. The number of carboxylic acids is 1. The lowest BCUT2D eigenvalue weighted by Gasteiger charge is -2.00. The predicted octanol–water partition coefficient (Wildman–Crippen LogP) is 1.89. The SMILES string of the molecule is O=C(O)Cc1cc(Cl)n2nc(C3CC3)cc2n1. The van der Waals surface area contributed by atoms with E-state index in [1.54, 1.807) is 10.6 Å². The minimum Gasteiger partial charge on any atom is -0.481 e. The standard InChI is InChI=1S/C11H10ClN3O2/c12-9-3-7(4-11(16)17)13-10-5-8(6-1-2-6)14-15(9)10/h3,5-6H,1-2,4H2,(H,16,17). The molecule has 1 N–H and O–H groups in total. The fourth-order valence-electron chi connectivity index (χ4n) is 1.83. The molecule has 1 fully saturated rings. The van der Waals surface area contributed by atoms with Crippen LogP contribution >= 0.6 is 11.6 Å². The van der Waals surface area contributed by atoms with E-state index in [1.807, 2.05) is 6.07 Å². The average Bonchev–Trinajstić information content (AvgIpc) is 2.98. The van der Waals surface area contributed by atoms with Crippen molar-refractivity contribution in [3.05, 3.63) is 28.7 Å². The minimum absolute atomic E-state index is 0.125. The van der Waals surface area contributed by atoms with E-state index in [9.17, 15) is 4.79 Å². The van der Waals surface area contributed by atoms with Gasteiger partial charge in [-0.05, 0) is 18.9 Å². The van der Waals surface area contributed by atoms with Gasteiger partial charge in [-0.25, -0.2) is 9.50 Å². The number of aromatic nitrogens is 3. The van der Waals surface area contributed by atoms with Gasteiger partial charge >= 0.3 is 5.97 Å². The van der Waals surface area contributed by atoms with Crippen molar-refractivity contribution in [3.8, 4) is 0 Å². The maximum absolute atomic E-state index is 10.6. The van der Waals surface area contributed by atoms with Crippen LogP contribution in [0.1, 0.15) is 30.1 Å². The van der Waals surface area contributed by atoms with Crippen molar-refractivity contribution in [2.45, 2.75) is 25.2 Å². The third kappa shape index (κ3) is 1.98. The van der Waals surface area contributed by atoms with Crippen molar-refractivity contribution in [2.24, 2.45) is 0 Å². The van der Waals surface area contributed by atoms with Crippen LogP contribution < -0.4 is 0 Å². The first kappa shape index (κ1) is 10.5. The van der Waals surface area contributed by atoms with Crippen molar-refractivity contribution >= 4 is 23.2 Å². The van der Waals surface area contributed by atoms with Gasteiger partial charge in [-0.1, -0.05) is 11.6 Å². The second-order valence-corrected chi connectivity index (χ2v) is 4.64. The molecule has 0 aromatic carbocycles. The van der Waals surface area contributed by atoms with Crippen molar-refractivity contribution in [1.29, 1.82) is 0 Å². The number of halogens is 1. The third-order valence-corrected chi connectivity index (χ3v) is 3.05. The predicted molar refractivity (Wildman–Crippen MR) is 61.3 cm³/mol. The van der Waals surface area contributed by atoms with E-state index < -0.39 is 5.97 Å². The second kappa shape index (κ2) is 3.70. The maximum Gasteiger partial charge on any atom is 0.309 e. The van der Waals surface area contributed by atoms with Gasteiger partial charge < -0.3 is 5.11 Å². The smallest absolute Gasteiger partial charge is 0.309 e. The van der Waals surface area contributed by atoms with Gasteiger partial charge in [0.2, 0.25) is 0 Å². The Balaban J connectivity index is 2.07. The van der Waals surface area contributed by atoms with Crippen LogP contribution in [0.3, 0.4) is 0 Å². The molecular weight excluding hydrogens is 242 g/mol. The summed E-state index contributed by atoms with van der Waals surface area (Å²) in [5.74, 6) is -0.393. The largest absolute Gasteiger partial charge is 0.481 e. The van der Waals surface area contributed by atoms with E-state index in [0.717, 1.165) is 18.5 Å². The summed E-state index contributed by atoms with van der Waals surface area (Å²) < 4.78 is 1.56. The normalized spacial score (nSPS) is 15.4. The van der Waals surface area contributed by atoms with Gasteiger partial charge in [-0.2, -0.15) is 5.10 Å². The molecule has 0 spiro atoms. The Morgan fingerprint density at radius 2 is 2.29 bits per heavy atom. The molecule has 6 heteroatoms. The molecule has 1 saturated carbocycles. The molecule has 2 heterocycles. The van der Waals surface area contributed by atoms with Crippen LogP contribution in [0.15, 0.2) is 12.1 Å². The molecule has 2 aromatic heterocycles. The summed E-state index contributed by atoms with van der Waals surface area (Å²) in [6.07, 6.45) is 2.19. The molecule has 0 saturated heterocycles. The molecule has 0 unspecified atom stereocenters. The Kier molecular flexibility index (Phi) is 2.29. The molecule has 0 aliphatic heterocycles. The summed E-state index contributed by atoms with van der Waals surface area (Å²) in [5.41, 5.74) is 2.07. The van der Waals surface area contributed by atoms with Crippen LogP contribution in [0.25, 0.3) is 5.65 Å². The number of hydrogen-bond donors (Lipinski definition) is 1. The van der Waals surface area contributed by atoms with Gasteiger partial charge in [0.05, 0.1) is 17.8 Å². The molecule has 3 rings (SSSR count). The Hall–Kier alpha value is -1.62. The molecule has 1 aliphatic rings. The van der Waals surface area contributed by atoms with Crippen LogP contribution in [0.5, 0.6) is 0 Å². The lowest BCUT2D eigenvalue weighted by molar-refractivity contribution is -0.136. The van der Waals surface area contributed by atoms with Crippen LogP contribution in [0.2, 0.25) is 5.15 Å². The quantitative estimate of drug-likeness (QED) is 0.846. The van der Waals surface area contributed by atoms with E-state index in [2.05, 4.69) is 10.1 Å². The molecule has 0 atom stereocenters. The highest BCUT2D eigenvalue weighted by atomic mass is 35.5. The fourth-order valence-corrected chi connectivity index (χ4v) is 2.08. The Morgan fingerprint density at radius 3 is 2.94 bits per heavy atom. The van der Waals surface area contributed by atoms with Gasteiger partial charge in [-0.15, -0.1) is 0 Å². The first-order valence-corrected chi connectivity index (χ1v) is 5.78. The van der Waals surface area contributed by atoms with E-state index in [-0.39, 0.29) is 6.42 Å². The highest BCUT2D eigenvalue weighted by Crippen LogP contribution is 2.39. The first-order valence-electron chi connectivity index (χ1n) is 5.40. The van der Waals surface area contributed by atoms with Gasteiger partial charge in [-0.3, -0.25) is 4.79 Å². The number of carboxylic acid groups (broad SMARTS) is 1. The lowest BCUT2D eigenvalue weighted by atomic mass is 10.3. The zero-order chi connectivity index (χ0) is 12.0. The van der Waals surface area contributed by atoms with E-state index >= 15 is 0 Å². The summed E-state index contributed by atoms with van der Waals surface area (Å²) >= 11 is 6.05. The maximum atomic E-state index is 10.6. The van der Waals surface area contributed by atoms with E-state index in [0.29, 0.717) is 22.4 Å². The van der Waals surface area contributed by atoms with Crippen molar-refractivity contribution in [1.82, 2.24) is 14.6 Å². The molecule has 88 valence electrons. The van der Waals surface area contributed by atoms with E-state index in [4.69, 9.17) is 16.7 Å². The average molecular weight is 252 g/mol. The zero-order valence-electron chi connectivity index (χ0n) is 8.93. The number of fused-ring (bicyclic) bond motifs is 1. The fraction of sp³-hybridized carbons (Fsp3) is 0.364. The monoisotopic (exact) mass is 251 g/mol. The molecule has 17 heavy (non-hydrogen) atoms. The number of rotatable bonds is 3. The van der Waals surface area contributed by atoms with Crippen molar-refractivity contribution < 1.29 is 9.90 Å². The van der Waals surface area contributed by atoms with Gasteiger partial charge in [0.25, 0.3) is 0 Å². The molecule has 1 aliphatic carbocycles. The molecule has 0 radical (unpaired) electrons. The number of aliphatic carboxylic acids is 1. The van der Waals surface area contributed by atoms with Crippen LogP contribution in [-0.4, -0.2) is 25.7 Å². The Morgan fingerprint density at radius 1 is 1.53 bits per heavy atom. The van der Waals surface area contributed by atoms with Crippen molar-refractivity contribution in [2.75, 3.05) is 0 Å². The highest BCUT2D eigenvalue weighted by Gasteiger charge is 2.27. The molecule has 5 nitrogen and oxygen atoms in total. The summed E-state index contributed by atoms with van der Waals surface area (Å²) in [6, 6.07) is 3.43. The zero-order valence-corrected chi connectivity index (χ0v) is 9.68. The lowest BCUT2D eigenvalue weighted by Crippen LogP contribution is -2.04. The molecular formula is C11H10ClN3O2. The molecule has 2 aromatic rings. The highest BCUT2D eigenvalue weighted by molar-refractivity contribution is 6.29. The van der Waals surface area contributed by atoms with Crippen LogP contribution in [-0.2, 0) is 11.2 Å². The minimum atomic E-state index is -0.917. The Bertz CT molecular complexity index is 604. The van der Waals surface area contributed by atoms with Crippen molar-refractivity contribution in [3.63, 3.8) is 0 Å². The molecule has 0 amide bonds. The Labute approximate surface area is 102 Å². The van der Waals surface area contributed by atoms with Gasteiger partial charge in [0, 0.05) is 12.0 Å². The van der Waals surface area contributed by atoms with Crippen LogP contribution in [0.4, 0.5) is 0 Å². The number of carbonyl (C=O) groups is 1. The third-order valence-electron chi connectivity index (χ3n) is 2.78. The number of hydrogen-bond acceptors (Lipinski definition) is 3. The summed E-state index contributed by atoms with van der Waals surface area (Å²) in [6.45, 7) is 0. The number of nitrogens with zero attached hydrogens (tertiary/aromatic N) is 3. The molecule has 0 bridgehead atoms. The second-order valence-electron chi connectivity index (χ2n) is 4.25.